The third-order valence-corrected chi connectivity index (χ3v) is 3.05. The third kappa shape index (κ3) is 5.57. The van der Waals surface area contributed by atoms with Crippen molar-refractivity contribution >= 4 is 5.82 Å². The Morgan fingerprint density at radius 3 is 2.58 bits per heavy atom. The summed E-state index contributed by atoms with van der Waals surface area (Å²) < 4.78 is 5.24. The van der Waals surface area contributed by atoms with E-state index < -0.39 is 0 Å². The summed E-state index contributed by atoms with van der Waals surface area (Å²) in [5.74, 6) is 1.37. The molecule has 0 aromatic carbocycles. The van der Waals surface area contributed by atoms with Gasteiger partial charge in [-0.05, 0) is 37.1 Å². The minimum absolute atomic E-state index is 0.182. The van der Waals surface area contributed by atoms with E-state index in [1.807, 2.05) is 6.92 Å². The van der Waals surface area contributed by atoms with Gasteiger partial charge in [0.25, 0.3) is 0 Å². The van der Waals surface area contributed by atoms with Gasteiger partial charge >= 0.3 is 0 Å². The molecule has 1 heterocycles. The summed E-state index contributed by atoms with van der Waals surface area (Å²) >= 11 is 0. The zero-order valence-corrected chi connectivity index (χ0v) is 12.8. The Balaban J connectivity index is 2.80. The number of anilines is 1. The highest BCUT2D eigenvalue weighted by Gasteiger charge is 2.07. The Kier molecular flexibility index (Phi) is 6.81. The maximum Gasteiger partial charge on any atom is 0.126 e. The fourth-order valence-electron chi connectivity index (χ4n) is 1.70. The summed E-state index contributed by atoms with van der Waals surface area (Å²) in [4.78, 5) is 4.65. The first kappa shape index (κ1) is 15.9. The summed E-state index contributed by atoms with van der Waals surface area (Å²) in [6, 6.07) is 4.29. The van der Waals surface area contributed by atoms with E-state index in [0.717, 1.165) is 31.1 Å². The number of rotatable bonds is 8. The molecular weight excluding hydrogens is 238 g/mol. The van der Waals surface area contributed by atoms with E-state index in [1.54, 1.807) is 7.11 Å². The number of ether oxygens (including phenoxy) is 1. The van der Waals surface area contributed by atoms with Crippen LogP contribution in [-0.4, -0.2) is 31.3 Å². The molecule has 0 radical (unpaired) electrons. The molecule has 1 atom stereocenters. The van der Waals surface area contributed by atoms with Crippen LogP contribution in [0, 0.1) is 0 Å². The molecule has 0 saturated heterocycles. The van der Waals surface area contributed by atoms with Crippen LogP contribution in [0.15, 0.2) is 12.1 Å². The van der Waals surface area contributed by atoms with Crippen molar-refractivity contribution in [1.29, 1.82) is 0 Å². The van der Waals surface area contributed by atoms with Crippen LogP contribution in [0.4, 0.5) is 5.82 Å². The zero-order chi connectivity index (χ0) is 14.3. The molecule has 0 fully saturated rings. The van der Waals surface area contributed by atoms with Gasteiger partial charge < -0.3 is 15.4 Å². The average Bonchev–Trinajstić information content (AvgIpc) is 2.42. The number of hydrogen-bond donors (Lipinski definition) is 2. The lowest BCUT2D eigenvalue weighted by Crippen LogP contribution is -2.19. The molecular formula is C15H27N3O. The van der Waals surface area contributed by atoms with Crippen LogP contribution in [0.25, 0.3) is 0 Å². The first-order chi connectivity index (χ1) is 9.06. The maximum absolute atomic E-state index is 5.24. The highest BCUT2D eigenvalue weighted by Crippen LogP contribution is 2.17. The van der Waals surface area contributed by atoms with Crippen LogP contribution >= 0.6 is 0 Å². The van der Waals surface area contributed by atoms with Gasteiger partial charge in [-0.2, -0.15) is 0 Å². The Morgan fingerprint density at radius 2 is 2.00 bits per heavy atom. The van der Waals surface area contributed by atoms with Crippen LogP contribution in [0.1, 0.15) is 44.9 Å². The molecule has 4 nitrogen and oxygen atoms in total. The number of nitrogens with zero attached hydrogens (tertiary/aromatic N) is 1. The lowest BCUT2D eigenvalue weighted by atomic mass is 10.1. The van der Waals surface area contributed by atoms with Gasteiger partial charge in [-0.3, -0.25) is 0 Å². The van der Waals surface area contributed by atoms with E-state index in [4.69, 9.17) is 4.74 Å². The molecule has 19 heavy (non-hydrogen) atoms. The molecule has 0 aliphatic carbocycles. The predicted octanol–water partition coefficient (Wildman–Crippen LogP) is 2.76. The predicted molar refractivity (Wildman–Crippen MR) is 80.7 cm³/mol. The van der Waals surface area contributed by atoms with Gasteiger partial charge in [-0.25, -0.2) is 4.98 Å². The standard InChI is InChI=1S/C15H27N3O/c1-6-16-10-13-7-14(11(2)3)18-15(8-13)17-9-12(4)19-5/h7-8,11-12,16H,6,9-10H2,1-5H3,(H,17,18). The Morgan fingerprint density at radius 1 is 1.26 bits per heavy atom. The van der Waals surface area contributed by atoms with Gasteiger partial charge in [0, 0.05) is 25.9 Å². The monoisotopic (exact) mass is 265 g/mol. The van der Waals surface area contributed by atoms with Crippen LogP contribution in [0.3, 0.4) is 0 Å². The van der Waals surface area contributed by atoms with Crippen molar-refractivity contribution in [2.75, 3.05) is 25.5 Å². The van der Waals surface area contributed by atoms with Crippen LogP contribution < -0.4 is 10.6 Å². The summed E-state index contributed by atoms with van der Waals surface area (Å²) in [6.07, 6.45) is 0.182. The Labute approximate surface area is 117 Å². The second-order valence-corrected chi connectivity index (χ2v) is 5.15. The van der Waals surface area contributed by atoms with Crippen molar-refractivity contribution in [3.8, 4) is 0 Å². The highest BCUT2D eigenvalue weighted by molar-refractivity contribution is 5.40. The molecule has 0 bridgehead atoms. The number of methoxy groups -OCH3 is 1. The molecule has 1 aromatic heterocycles. The number of hydrogen-bond acceptors (Lipinski definition) is 4. The van der Waals surface area contributed by atoms with Gasteiger partial charge in [0.1, 0.15) is 5.82 Å². The van der Waals surface area contributed by atoms with E-state index in [0.29, 0.717) is 5.92 Å². The van der Waals surface area contributed by atoms with Gasteiger partial charge in [-0.15, -0.1) is 0 Å². The fraction of sp³-hybridized carbons (Fsp3) is 0.667. The van der Waals surface area contributed by atoms with E-state index in [-0.39, 0.29) is 6.10 Å². The largest absolute Gasteiger partial charge is 0.380 e. The molecule has 1 rings (SSSR count). The first-order valence-electron chi connectivity index (χ1n) is 7.05. The zero-order valence-electron chi connectivity index (χ0n) is 12.8. The first-order valence-corrected chi connectivity index (χ1v) is 7.05. The van der Waals surface area contributed by atoms with E-state index in [2.05, 4.69) is 48.5 Å². The number of nitrogens with one attached hydrogen (secondary N) is 2. The lowest BCUT2D eigenvalue weighted by Gasteiger charge is -2.15. The van der Waals surface area contributed by atoms with E-state index >= 15 is 0 Å². The average molecular weight is 265 g/mol. The van der Waals surface area contributed by atoms with Gasteiger partial charge in [0.05, 0.1) is 6.10 Å². The van der Waals surface area contributed by atoms with Crippen molar-refractivity contribution in [2.24, 2.45) is 0 Å². The minimum Gasteiger partial charge on any atom is -0.380 e. The second-order valence-electron chi connectivity index (χ2n) is 5.15. The van der Waals surface area contributed by atoms with Crippen LogP contribution in [-0.2, 0) is 11.3 Å². The second kappa shape index (κ2) is 8.12. The molecule has 4 heteroatoms. The summed E-state index contributed by atoms with van der Waals surface area (Å²) in [5, 5.41) is 6.70. The maximum atomic E-state index is 5.24. The van der Waals surface area contributed by atoms with Crippen LogP contribution in [0.5, 0.6) is 0 Å². The molecule has 0 spiro atoms. The SMILES string of the molecule is CCNCc1cc(NCC(C)OC)nc(C(C)C)c1. The molecule has 108 valence electrons. The minimum atomic E-state index is 0.182. The normalized spacial score (nSPS) is 12.7. The van der Waals surface area contributed by atoms with Gasteiger partial charge in [0.2, 0.25) is 0 Å². The molecule has 0 aliphatic rings. The van der Waals surface area contributed by atoms with Gasteiger partial charge in [-0.1, -0.05) is 20.8 Å². The quantitative estimate of drug-likeness (QED) is 0.758. The molecule has 1 unspecified atom stereocenters. The summed E-state index contributed by atoms with van der Waals surface area (Å²) in [5.41, 5.74) is 2.40. The fourth-order valence-corrected chi connectivity index (χ4v) is 1.70. The van der Waals surface area contributed by atoms with Crippen molar-refractivity contribution in [1.82, 2.24) is 10.3 Å². The Hall–Kier alpha value is -1.13. The van der Waals surface area contributed by atoms with Crippen LogP contribution in [0.2, 0.25) is 0 Å². The van der Waals surface area contributed by atoms with Crippen molar-refractivity contribution in [3.63, 3.8) is 0 Å². The molecule has 0 aliphatic heterocycles. The molecule has 1 aromatic rings. The molecule has 2 N–H and O–H groups in total. The Bertz CT molecular complexity index is 380. The topological polar surface area (TPSA) is 46.2 Å². The third-order valence-electron chi connectivity index (χ3n) is 3.05. The molecule has 0 saturated carbocycles. The van der Waals surface area contributed by atoms with E-state index in [9.17, 15) is 0 Å². The van der Waals surface area contributed by atoms with E-state index in [1.165, 1.54) is 5.56 Å². The van der Waals surface area contributed by atoms with Gasteiger partial charge in [0.15, 0.2) is 0 Å². The van der Waals surface area contributed by atoms with Crippen molar-refractivity contribution in [2.45, 2.75) is 46.3 Å². The highest BCUT2D eigenvalue weighted by atomic mass is 16.5. The van der Waals surface area contributed by atoms with Crippen molar-refractivity contribution in [3.05, 3.63) is 23.4 Å². The number of pyridine rings is 1. The number of aromatic nitrogens is 1. The molecule has 0 amide bonds. The summed E-state index contributed by atoms with van der Waals surface area (Å²) in [6.45, 7) is 11.1. The smallest absolute Gasteiger partial charge is 0.126 e. The van der Waals surface area contributed by atoms with Crippen molar-refractivity contribution < 1.29 is 4.74 Å². The lowest BCUT2D eigenvalue weighted by molar-refractivity contribution is 0.128. The summed E-state index contributed by atoms with van der Waals surface area (Å²) in [7, 11) is 1.72.